The van der Waals surface area contributed by atoms with E-state index in [0.717, 1.165) is 31.7 Å². The number of imidazole rings is 1. The van der Waals surface area contributed by atoms with Gasteiger partial charge in [-0.2, -0.15) is 0 Å². The summed E-state index contributed by atoms with van der Waals surface area (Å²) in [6, 6.07) is 0. The molecule has 0 amide bonds. The molecule has 3 heterocycles. The molecule has 3 rings (SSSR count). The van der Waals surface area contributed by atoms with Gasteiger partial charge in [0, 0.05) is 13.1 Å². The Hall–Kier alpha value is -1.81. The van der Waals surface area contributed by atoms with E-state index in [0.29, 0.717) is 11.2 Å². The number of aliphatic hydroxyl groups is 3. The van der Waals surface area contributed by atoms with Gasteiger partial charge in [-0.3, -0.25) is 4.57 Å². The summed E-state index contributed by atoms with van der Waals surface area (Å²) in [6.07, 6.45) is 0.943. The van der Waals surface area contributed by atoms with Crippen molar-refractivity contribution >= 4 is 17.0 Å². The van der Waals surface area contributed by atoms with Crippen LogP contribution in [0.1, 0.15) is 32.9 Å². The second-order valence-corrected chi connectivity index (χ2v) is 6.24. The number of hydrogen-bond donors (Lipinski definition) is 3. The highest BCUT2D eigenvalue weighted by atomic mass is 16.6. The predicted molar refractivity (Wildman–Crippen MR) is 91.1 cm³/mol. The third-order valence-electron chi connectivity index (χ3n) is 4.42. The van der Waals surface area contributed by atoms with Gasteiger partial charge in [0.2, 0.25) is 0 Å². The predicted octanol–water partition coefficient (Wildman–Crippen LogP) is 0.0642. The highest BCUT2D eigenvalue weighted by molar-refractivity contribution is 5.83. The van der Waals surface area contributed by atoms with Crippen molar-refractivity contribution in [3.63, 3.8) is 0 Å². The molecular formula is C16H25N5O4. The van der Waals surface area contributed by atoms with E-state index in [9.17, 15) is 15.3 Å². The minimum Gasteiger partial charge on any atom is -0.394 e. The normalized spacial score (nSPS) is 26.4. The highest BCUT2D eigenvalue weighted by Crippen LogP contribution is 2.32. The number of anilines is 1. The van der Waals surface area contributed by atoms with E-state index in [-0.39, 0.29) is 6.61 Å². The van der Waals surface area contributed by atoms with Gasteiger partial charge in [-0.15, -0.1) is 0 Å². The first-order valence-electron chi connectivity index (χ1n) is 8.67. The third kappa shape index (κ3) is 3.20. The van der Waals surface area contributed by atoms with Crippen LogP contribution in [0.25, 0.3) is 11.2 Å². The Balaban J connectivity index is 1.99. The molecule has 2 aromatic rings. The molecule has 3 N–H and O–H groups in total. The molecule has 4 atom stereocenters. The second-order valence-electron chi connectivity index (χ2n) is 6.24. The van der Waals surface area contributed by atoms with Gasteiger partial charge in [0.25, 0.3) is 0 Å². The van der Waals surface area contributed by atoms with Crippen LogP contribution in [0.4, 0.5) is 5.82 Å². The summed E-state index contributed by atoms with van der Waals surface area (Å²) in [7, 11) is 0. The lowest BCUT2D eigenvalue weighted by Crippen LogP contribution is -2.33. The Labute approximate surface area is 145 Å². The Kier molecular flexibility index (Phi) is 5.48. The molecule has 0 aromatic carbocycles. The van der Waals surface area contributed by atoms with Crippen molar-refractivity contribution in [1.82, 2.24) is 19.5 Å². The number of ether oxygens (including phenoxy) is 1. The molecule has 0 radical (unpaired) electrons. The third-order valence-corrected chi connectivity index (χ3v) is 4.42. The van der Waals surface area contributed by atoms with Gasteiger partial charge < -0.3 is 25.0 Å². The zero-order chi connectivity index (χ0) is 18.0. The van der Waals surface area contributed by atoms with Gasteiger partial charge in [-0.1, -0.05) is 13.8 Å². The summed E-state index contributed by atoms with van der Waals surface area (Å²) in [5, 5.41) is 29.5. The first kappa shape index (κ1) is 18.0. The molecule has 1 aliphatic rings. The molecule has 138 valence electrons. The van der Waals surface area contributed by atoms with Crippen molar-refractivity contribution in [1.29, 1.82) is 0 Å². The van der Waals surface area contributed by atoms with Crippen LogP contribution in [0.3, 0.4) is 0 Å². The van der Waals surface area contributed by atoms with E-state index < -0.39 is 24.5 Å². The number of aromatic nitrogens is 4. The molecule has 0 aliphatic carbocycles. The fraction of sp³-hybridized carbons (Fsp3) is 0.688. The molecule has 1 aliphatic heterocycles. The molecule has 1 saturated heterocycles. The van der Waals surface area contributed by atoms with Crippen molar-refractivity contribution in [3.8, 4) is 0 Å². The minimum atomic E-state index is -1.17. The lowest BCUT2D eigenvalue weighted by atomic mass is 10.1. The first-order chi connectivity index (χ1) is 12.1. The average molecular weight is 351 g/mol. The van der Waals surface area contributed by atoms with Crippen LogP contribution < -0.4 is 4.90 Å². The fourth-order valence-electron chi connectivity index (χ4n) is 3.23. The van der Waals surface area contributed by atoms with Crippen LogP contribution in [0, 0.1) is 0 Å². The largest absolute Gasteiger partial charge is 0.394 e. The van der Waals surface area contributed by atoms with Gasteiger partial charge in [-0.05, 0) is 12.8 Å². The summed E-state index contributed by atoms with van der Waals surface area (Å²) in [5.74, 6) is 0.749. The van der Waals surface area contributed by atoms with Gasteiger partial charge in [0.05, 0.1) is 12.9 Å². The van der Waals surface area contributed by atoms with Crippen LogP contribution >= 0.6 is 0 Å². The van der Waals surface area contributed by atoms with Gasteiger partial charge in [0.1, 0.15) is 24.6 Å². The van der Waals surface area contributed by atoms with Crippen molar-refractivity contribution in [2.45, 2.75) is 51.2 Å². The number of rotatable bonds is 7. The first-order valence-corrected chi connectivity index (χ1v) is 8.67. The van der Waals surface area contributed by atoms with Crippen LogP contribution in [0.2, 0.25) is 0 Å². The summed E-state index contributed by atoms with van der Waals surface area (Å²) >= 11 is 0. The van der Waals surface area contributed by atoms with Crippen LogP contribution in [-0.2, 0) is 4.74 Å². The average Bonchev–Trinajstić information content (AvgIpc) is 3.16. The Morgan fingerprint density at radius 3 is 2.44 bits per heavy atom. The highest BCUT2D eigenvalue weighted by Gasteiger charge is 2.44. The lowest BCUT2D eigenvalue weighted by molar-refractivity contribution is -0.0511. The summed E-state index contributed by atoms with van der Waals surface area (Å²) < 4.78 is 7.17. The van der Waals surface area contributed by atoms with Crippen molar-refractivity contribution < 1.29 is 20.1 Å². The molecule has 0 saturated carbocycles. The molecule has 0 unspecified atom stereocenters. The van der Waals surface area contributed by atoms with E-state index >= 15 is 0 Å². The van der Waals surface area contributed by atoms with E-state index in [1.54, 1.807) is 4.57 Å². The SMILES string of the molecule is CCCN(CCC)c1ncnc2c1ncn2[C@@H]1O[C@H](CO)[C@@H](O)[C@H]1O. The Morgan fingerprint density at radius 1 is 1.12 bits per heavy atom. The molecule has 9 nitrogen and oxygen atoms in total. The van der Waals surface area contributed by atoms with Gasteiger partial charge in [0.15, 0.2) is 23.2 Å². The maximum absolute atomic E-state index is 10.2. The summed E-state index contributed by atoms with van der Waals surface area (Å²) in [5.41, 5.74) is 1.15. The lowest BCUT2D eigenvalue weighted by Gasteiger charge is -2.22. The molecule has 25 heavy (non-hydrogen) atoms. The van der Waals surface area contributed by atoms with Crippen molar-refractivity contribution in [3.05, 3.63) is 12.7 Å². The minimum absolute atomic E-state index is 0.373. The maximum Gasteiger partial charge on any atom is 0.167 e. The summed E-state index contributed by atoms with van der Waals surface area (Å²) in [4.78, 5) is 15.3. The van der Waals surface area contributed by atoms with E-state index in [1.807, 2.05) is 0 Å². The Bertz CT molecular complexity index is 703. The van der Waals surface area contributed by atoms with E-state index in [2.05, 4.69) is 33.7 Å². The van der Waals surface area contributed by atoms with Crippen LogP contribution in [-0.4, -0.2) is 72.8 Å². The monoisotopic (exact) mass is 351 g/mol. The standard InChI is InChI=1S/C16H25N5O4/c1-3-5-20(6-4-2)14-11-15(18-8-17-14)21(9-19-11)16-13(24)12(23)10(7-22)25-16/h8-10,12-13,16,22-24H,3-7H2,1-2H3/t10-,12-,13-,16-/m1/s1. The zero-order valence-electron chi connectivity index (χ0n) is 14.5. The second kappa shape index (κ2) is 7.61. The van der Waals surface area contributed by atoms with Gasteiger partial charge in [-0.25, -0.2) is 15.0 Å². The topological polar surface area (TPSA) is 117 Å². The number of nitrogens with zero attached hydrogens (tertiary/aromatic N) is 5. The van der Waals surface area contributed by atoms with E-state index in [4.69, 9.17) is 4.74 Å². The molecule has 2 aromatic heterocycles. The number of hydrogen-bond acceptors (Lipinski definition) is 8. The molecule has 0 spiro atoms. The summed E-state index contributed by atoms with van der Waals surface area (Å²) in [6.45, 7) is 5.57. The van der Waals surface area contributed by atoms with Gasteiger partial charge >= 0.3 is 0 Å². The molecule has 9 heteroatoms. The number of fused-ring (bicyclic) bond motifs is 1. The number of aliphatic hydroxyl groups excluding tert-OH is 3. The van der Waals surface area contributed by atoms with Crippen LogP contribution in [0.15, 0.2) is 12.7 Å². The molecular weight excluding hydrogens is 326 g/mol. The van der Waals surface area contributed by atoms with Crippen LogP contribution in [0.5, 0.6) is 0 Å². The Morgan fingerprint density at radius 2 is 1.84 bits per heavy atom. The maximum atomic E-state index is 10.2. The van der Waals surface area contributed by atoms with E-state index in [1.165, 1.54) is 12.7 Å². The smallest absolute Gasteiger partial charge is 0.167 e. The van der Waals surface area contributed by atoms with Crippen molar-refractivity contribution in [2.75, 3.05) is 24.6 Å². The zero-order valence-corrected chi connectivity index (χ0v) is 14.5. The molecule has 1 fully saturated rings. The fourth-order valence-corrected chi connectivity index (χ4v) is 3.23. The molecule has 0 bridgehead atoms. The van der Waals surface area contributed by atoms with Crippen molar-refractivity contribution in [2.24, 2.45) is 0 Å². The quantitative estimate of drug-likeness (QED) is 0.641.